The second-order valence-electron chi connectivity index (χ2n) is 8.15. The maximum Gasteiger partial charge on any atom is 0.255 e. The molecule has 7 heteroatoms. The van der Waals surface area contributed by atoms with Crippen LogP contribution in [0.25, 0.3) is 0 Å². The van der Waals surface area contributed by atoms with Crippen LogP contribution in [0.5, 0.6) is 0 Å². The van der Waals surface area contributed by atoms with Crippen molar-refractivity contribution in [2.75, 3.05) is 5.32 Å². The predicted molar refractivity (Wildman–Crippen MR) is 119 cm³/mol. The first-order chi connectivity index (χ1) is 14.7. The SMILES string of the molecule is NC(=CC(=Nc1ccc(NC(=O)C2=CCC3N=CC=NC3=C2)cn1)C1CC1)C1CC1. The van der Waals surface area contributed by atoms with E-state index in [0.717, 1.165) is 29.9 Å². The zero-order chi connectivity index (χ0) is 20.5. The van der Waals surface area contributed by atoms with Crippen molar-refractivity contribution in [3.8, 4) is 0 Å². The fourth-order valence-electron chi connectivity index (χ4n) is 3.54. The maximum absolute atomic E-state index is 12.6. The number of carbonyl (C=O) groups is 1. The standard InChI is InChI=1S/C23H24N6O/c24-18(14-1-2-14)12-20(15-3-4-15)29-22-8-6-17(13-27-22)28-23(30)16-5-7-19-21(11-16)26-10-9-25-19/h5-6,8-15,19H,1-4,7,24H2,(H,28,30). The Morgan fingerprint density at radius 1 is 1.17 bits per heavy atom. The minimum atomic E-state index is -0.178. The Morgan fingerprint density at radius 3 is 2.73 bits per heavy atom. The number of carbonyl (C=O) groups excluding carboxylic acids is 1. The minimum Gasteiger partial charge on any atom is -0.402 e. The average Bonchev–Trinajstić information content (AvgIpc) is 3.66. The maximum atomic E-state index is 12.6. The lowest BCUT2D eigenvalue weighted by atomic mass is 9.99. The van der Waals surface area contributed by atoms with Gasteiger partial charge in [0.1, 0.15) is 0 Å². The Bertz CT molecular complexity index is 1040. The number of allylic oxidation sites excluding steroid dienone is 2. The fourth-order valence-corrected chi connectivity index (χ4v) is 3.54. The zero-order valence-electron chi connectivity index (χ0n) is 16.7. The van der Waals surface area contributed by atoms with E-state index in [1.807, 2.05) is 24.3 Å². The van der Waals surface area contributed by atoms with Gasteiger partial charge in [-0.2, -0.15) is 0 Å². The van der Waals surface area contributed by atoms with Crippen molar-refractivity contribution >= 4 is 35.6 Å². The van der Waals surface area contributed by atoms with E-state index in [2.05, 4.69) is 20.3 Å². The molecule has 1 unspecified atom stereocenters. The third kappa shape index (κ3) is 4.30. The van der Waals surface area contributed by atoms with Gasteiger partial charge in [0.25, 0.3) is 5.91 Å². The highest BCUT2D eigenvalue weighted by atomic mass is 16.1. The minimum absolute atomic E-state index is 0.0222. The second-order valence-corrected chi connectivity index (χ2v) is 8.15. The van der Waals surface area contributed by atoms with Gasteiger partial charge in [0.2, 0.25) is 0 Å². The number of anilines is 1. The first-order valence-electron chi connectivity index (χ1n) is 10.5. The normalized spacial score (nSPS) is 23.5. The van der Waals surface area contributed by atoms with Crippen LogP contribution in [-0.4, -0.2) is 35.1 Å². The number of rotatable bonds is 6. The third-order valence-corrected chi connectivity index (χ3v) is 5.63. The van der Waals surface area contributed by atoms with E-state index in [4.69, 9.17) is 10.7 Å². The summed E-state index contributed by atoms with van der Waals surface area (Å²) in [5.74, 6) is 1.48. The molecule has 152 valence electrons. The summed E-state index contributed by atoms with van der Waals surface area (Å²) < 4.78 is 0. The van der Waals surface area contributed by atoms with Crippen molar-refractivity contribution in [2.24, 2.45) is 32.5 Å². The van der Waals surface area contributed by atoms with Gasteiger partial charge in [-0.3, -0.25) is 14.8 Å². The molecule has 3 N–H and O–H groups in total. The highest BCUT2D eigenvalue weighted by molar-refractivity contribution is 6.17. The molecule has 0 spiro atoms. The lowest BCUT2D eigenvalue weighted by Crippen LogP contribution is -2.20. The summed E-state index contributed by atoms with van der Waals surface area (Å²) in [6, 6.07) is 3.67. The van der Waals surface area contributed by atoms with Crippen LogP contribution in [0.3, 0.4) is 0 Å². The number of nitrogens with one attached hydrogen (secondary N) is 1. The first kappa shape index (κ1) is 18.7. The van der Waals surface area contributed by atoms with E-state index in [1.165, 1.54) is 12.8 Å². The van der Waals surface area contributed by atoms with E-state index in [1.54, 1.807) is 24.7 Å². The van der Waals surface area contributed by atoms with Crippen LogP contribution in [-0.2, 0) is 4.79 Å². The van der Waals surface area contributed by atoms with E-state index >= 15 is 0 Å². The molecule has 5 rings (SSSR count). The topological polar surface area (TPSA) is 105 Å². The molecule has 2 fully saturated rings. The molecule has 4 aliphatic rings. The molecule has 0 bridgehead atoms. The lowest BCUT2D eigenvalue weighted by Gasteiger charge is -2.19. The monoisotopic (exact) mass is 400 g/mol. The third-order valence-electron chi connectivity index (χ3n) is 5.63. The van der Waals surface area contributed by atoms with Crippen molar-refractivity contribution in [3.63, 3.8) is 0 Å². The molecule has 1 atom stereocenters. The summed E-state index contributed by atoms with van der Waals surface area (Å²) in [5, 5.41) is 2.89. The molecule has 0 saturated heterocycles. The highest BCUT2D eigenvalue weighted by Crippen LogP contribution is 2.37. The molecule has 0 aromatic carbocycles. The van der Waals surface area contributed by atoms with Gasteiger partial charge in [-0.05, 0) is 62.3 Å². The quantitative estimate of drug-likeness (QED) is 0.714. The Morgan fingerprint density at radius 2 is 2.00 bits per heavy atom. The fraction of sp³-hybridized carbons (Fsp3) is 0.348. The lowest BCUT2D eigenvalue weighted by molar-refractivity contribution is -0.112. The van der Waals surface area contributed by atoms with E-state index < -0.39 is 0 Å². The van der Waals surface area contributed by atoms with E-state index in [9.17, 15) is 4.79 Å². The van der Waals surface area contributed by atoms with Crippen molar-refractivity contribution in [1.29, 1.82) is 0 Å². The second kappa shape index (κ2) is 7.82. The van der Waals surface area contributed by atoms with E-state index in [0.29, 0.717) is 35.3 Å². The smallest absolute Gasteiger partial charge is 0.255 e. The molecule has 30 heavy (non-hydrogen) atoms. The number of aliphatic imine (C=N–C) groups is 3. The molecule has 0 radical (unpaired) electrons. The largest absolute Gasteiger partial charge is 0.402 e. The van der Waals surface area contributed by atoms with Crippen LogP contribution in [0.15, 0.2) is 68.5 Å². The molecule has 1 amide bonds. The molecule has 7 nitrogen and oxygen atoms in total. The summed E-state index contributed by atoms with van der Waals surface area (Å²) in [6.07, 6.45) is 16.1. The molecule has 3 aliphatic carbocycles. The van der Waals surface area contributed by atoms with Crippen molar-refractivity contribution < 1.29 is 4.79 Å². The number of nitrogens with two attached hydrogens (primary N) is 1. The van der Waals surface area contributed by atoms with Gasteiger partial charge in [-0.15, -0.1) is 0 Å². The van der Waals surface area contributed by atoms with Gasteiger partial charge in [-0.25, -0.2) is 9.98 Å². The summed E-state index contributed by atoms with van der Waals surface area (Å²) in [6.45, 7) is 0. The van der Waals surface area contributed by atoms with Gasteiger partial charge in [0.05, 0.1) is 23.6 Å². The zero-order valence-corrected chi connectivity index (χ0v) is 16.7. The van der Waals surface area contributed by atoms with Gasteiger partial charge in [-0.1, -0.05) is 6.08 Å². The number of pyridine rings is 1. The van der Waals surface area contributed by atoms with Gasteiger partial charge in [0.15, 0.2) is 5.82 Å². The Balaban J connectivity index is 1.26. The number of hydrogen-bond donors (Lipinski definition) is 2. The van der Waals surface area contributed by atoms with E-state index in [-0.39, 0.29) is 11.9 Å². The molecule has 1 aromatic heterocycles. The van der Waals surface area contributed by atoms with Crippen LogP contribution in [0.4, 0.5) is 11.5 Å². The van der Waals surface area contributed by atoms with Crippen LogP contribution < -0.4 is 11.1 Å². The van der Waals surface area contributed by atoms with Crippen LogP contribution in [0.2, 0.25) is 0 Å². The Hall–Kier alpha value is -3.35. The molecular weight excluding hydrogens is 376 g/mol. The van der Waals surface area contributed by atoms with Gasteiger partial charge >= 0.3 is 0 Å². The highest BCUT2D eigenvalue weighted by Gasteiger charge is 2.29. The van der Waals surface area contributed by atoms with Crippen LogP contribution in [0.1, 0.15) is 32.1 Å². The Kier molecular flexibility index (Phi) is 4.86. The number of amides is 1. The Labute approximate surface area is 175 Å². The van der Waals surface area contributed by atoms with Crippen molar-refractivity contribution in [3.05, 3.63) is 53.5 Å². The number of aromatic nitrogens is 1. The van der Waals surface area contributed by atoms with Gasteiger partial charge < -0.3 is 11.1 Å². The van der Waals surface area contributed by atoms with Crippen molar-refractivity contribution in [1.82, 2.24) is 4.98 Å². The number of nitrogens with zero attached hydrogens (tertiary/aromatic N) is 4. The molecule has 1 aliphatic heterocycles. The molecular formula is C23H24N6O. The van der Waals surface area contributed by atoms with Gasteiger partial charge in [0, 0.05) is 35.3 Å². The molecule has 1 aromatic rings. The average molecular weight is 400 g/mol. The number of hydrogen-bond acceptors (Lipinski definition) is 6. The summed E-state index contributed by atoms with van der Waals surface area (Å²) >= 11 is 0. The summed E-state index contributed by atoms with van der Waals surface area (Å²) in [7, 11) is 0. The van der Waals surface area contributed by atoms with Crippen LogP contribution >= 0.6 is 0 Å². The van der Waals surface area contributed by atoms with Crippen molar-refractivity contribution in [2.45, 2.75) is 38.1 Å². The molecule has 2 saturated carbocycles. The molecule has 2 heterocycles. The first-order valence-corrected chi connectivity index (χ1v) is 10.5. The number of fused-ring (bicyclic) bond motifs is 1. The predicted octanol–water partition coefficient (Wildman–Crippen LogP) is 3.49. The van der Waals surface area contributed by atoms with Crippen LogP contribution in [0, 0.1) is 11.8 Å². The summed E-state index contributed by atoms with van der Waals surface area (Å²) in [5.41, 5.74) is 10.2. The summed E-state index contributed by atoms with van der Waals surface area (Å²) in [4.78, 5) is 30.4.